The van der Waals surface area contributed by atoms with Crippen molar-refractivity contribution >= 4 is 22.7 Å². The van der Waals surface area contributed by atoms with Crippen molar-refractivity contribution < 1.29 is 8.95 Å². The van der Waals surface area contributed by atoms with Crippen molar-refractivity contribution in [2.75, 3.05) is 28.9 Å². The molecule has 0 unspecified atom stereocenters. The number of nitrogens with zero attached hydrogens (tertiary/aromatic N) is 3. The van der Waals surface area contributed by atoms with Gasteiger partial charge in [-0.05, 0) is 19.8 Å². The molecule has 0 spiro atoms. The predicted octanol–water partition coefficient (Wildman–Crippen LogP) is -0.121. The number of nitrogen functional groups attached to an aromatic ring is 1. The molecule has 19 heavy (non-hydrogen) atoms. The van der Waals surface area contributed by atoms with Gasteiger partial charge in [-0.25, -0.2) is 5.84 Å². The minimum absolute atomic E-state index is 0.222. The molecule has 0 aliphatic carbocycles. The van der Waals surface area contributed by atoms with Gasteiger partial charge in [0.05, 0.1) is 6.61 Å². The molecular weight excluding hydrogens is 268 g/mol. The lowest BCUT2D eigenvalue weighted by molar-refractivity contribution is 0.312. The lowest BCUT2D eigenvalue weighted by atomic mass is 10.2. The van der Waals surface area contributed by atoms with Gasteiger partial charge in [0, 0.05) is 28.3 Å². The van der Waals surface area contributed by atoms with Crippen molar-refractivity contribution in [3.63, 3.8) is 0 Å². The van der Waals surface area contributed by atoms with Gasteiger partial charge in [-0.15, -0.1) is 0 Å². The topological polar surface area (TPSA) is 115 Å². The van der Waals surface area contributed by atoms with Crippen molar-refractivity contribution in [1.29, 1.82) is 0 Å². The number of hydrogen-bond acceptors (Lipinski definition) is 8. The summed E-state index contributed by atoms with van der Waals surface area (Å²) in [5.41, 5.74) is 2.38. The van der Waals surface area contributed by atoms with Gasteiger partial charge < -0.3 is 10.1 Å². The number of nitrogens with one attached hydrogen (secondary N) is 2. The first kappa shape index (κ1) is 13.9. The average Bonchev–Trinajstić information content (AvgIpc) is 2.41. The zero-order valence-corrected chi connectivity index (χ0v) is 11.6. The zero-order chi connectivity index (χ0) is 13.7. The minimum Gasteiger partial charge on any atom is -0.464 e. The van der Waals surface area contributed by atoms with Gasteiger partial charge in [-0.3, -0.25) is 9.63 Å². The highest BCUT2D eigenvalue weighted by molar-refractivity contribution is 7.85. The molecule has 1 saturated heterocycles. The lowest BCUT2D eigenvalue weighted by Crippen LogP contribution is -2.30. The highest BCUT2D eigenvalue weighted by Gasteiger charge is 2.19. The van der Waals surface area contributed by atoms with Crippen molar-refractivity contribution in [2.45, 2.75) is 25.8 Å². The smallest absolute Gasteiger partial charge is 0.323 e. The van der Waals surface area contributed by atoms with Crippen LogP contribution < -0.4 is 21.3 Å². The van der Waals surface area contributed by atoms with Gasteiger partial charge in [0.1, 0.15) is 0 Å². The van der Waals surface area contributed by atoms with E-state index in [4.69, 9.17) is 10.6 Å². The Labute approximate surface area is 114 Å². The first-order valence-corrected chi connectivity index (χ1v) is 7.67. The van der Waals surface area contributed by atoms with E-state index in [1.807, 2.05) is 6.92 Å². The third-order valence-corrected chi connectivity index (χ3v) is 4.12. The standard InChI is InChI=1S/C10H18N6O2S/c1-2-18-10-14-8(13-9(15-10)16-11)12-7-3-5-19(17)6-4-7/h7H,2-6,11H2,1H3,(H2,12,13,14,15,16). The molecule has 0 aromatic carbocycles. The maximum atomic E-state index is 11.3. The monoisotopic (exact) mass is 286 g/mol. The number of nitrogens with two attached hydrogens (primary N) is 1. The van der Waals surface area contributed by atoms with E-state index >= 15 is 0 Å². The highest BCUT2D eigenvalue weighted by atomic mass is 32.2. The highest BCUT2D eigenvalue weighted by Crippen LogP contribution is 2.16. The molecule has 1 fully saturated rings. The third kappa shape index (κ3) is 4.00. The summed E-state index contributed by atoms with van der Waals surface area (Å²) in [5.74, 6) is 7.40. The summed E-state index contributed by atoms with van der Waals surface area (Å²) < 4.78 is 16.5. The Morgan fingerprint density at radius 3 is 2.63 bits per heavy atom. The molecule has 9 heteroatoms. The maximum Gasteiger partial charge on any atom is 0.323 e. The molecule has 0 amide bonds. The van der Waals surface area contributed by atoms with Crippen molar-refractivity contribution in [3.05, 3.63) is 0 Å². The Kier molecular flexibility index (Phi) is 4.86. The van der Waals surface area contributed by atoms with Crippen molar-refractivity contribution in [2.24, 2.45) is 5.84 Å². The minimum atomic E-state index is -0.683. The Morgan fingerprint density at radius 1 is 1.32 bits per heavy atom. The van der Waals surface area contributed by atoms with Crippen LogP contribution in [0.5, 0.6) is 6.01 Å². The largest absolute Gasteiger partial charge is 0.464 e. The number of hydrogen-bond donors (Lipinski definition) is 3. The fourth-order valence-electron chi connectivity index (χ4n) is 1.80. The fraction of sp³-hybridized carbons (Fsp3) is 0.700. The molecule has 0 atom stereocenters. The normalized spacial score (nSPS) is 22.8. The average molecular weight is 286 g/mol. The van der Waals surface area contributed by atoms with E-state index in [9.17, 15) is 4.21 Å². The number of hydrazine groups is 1. The van der Waals surface area contributed by atoms with E-state index in [-0.39, 0.29) is 18.0 Å². The van der Waals surface area contributed by atoms with Gasteiger partial charge >= 0.3 is 6.01 Å². The molecule has 1 aromatic rings. The zero-order valence-electron chi connectivity index (χ0n) is 10.8. The summed E-state index contributed by atoms with van der Waals surface area (Å²) in [5, 5.41) is 3.20. The summed E-state index contributed by atoms with van der Waals surface area (Å²) in [6, 6.07) is 0.451. The number of ether oxygens (including phenoxy) is 1. The van der Waals surface area contributed by atoms with Crippen LogP contribution in [0.4, 0.5) is 11.9 Å². The second kappa shape index (κ2) is 6.62. The number of rotatable bonds is 5. The van der Waals surface area contributed by atoms with Crippen molar-refractivity contribution in [3.8, 4) is 6.01 Å². The van der Waals surface area contributed by atoms with Crippen LogP contribution in [0.2, 0.25) is 0 Å². The summed E-state index contributed by atoms with van der Waals surface area (Å²) in [4.78, 5) is 12.3. The van der Waals surface area contributed by atoms with Crippen LogP contribution in [-0.4, -0.2) is 43.3 Å². The van der Waals surface area contributed by atoms with Gasteiger partial charge in [-0.2, -0.15) is 15.0 Å². The van der Waals surface area contributed by atoms with E-state index in [0.717, 1.165) is 12.8 Å². The number of aromatic nitrogens is 3. The molecule has 1 aliphatic heterocycles. The molecular formula is C10H18N6O2S. The molecule has 4 N–H and O–H groups in total. The first-order chi connectivity index (χ1) is 9.21. The number of anilines is 2. The van der Waals surface area contributed by atoms with Gasteiger partial charge in [0.25, 0.3) is 0 Å². The summed E-state index contributed by atoms with van der Waals surface area (Å²) >= 11 is 0. The summed E-state index contributed by atoms with van der Waals surface area (Å²) in [7, 11) is -0.683. The Bertz CT molecular complexity index is 448. The van der Waals surface area contributed by atoms with Crippen LogP contribution in [0, 0.1) is 0 Å². The molecule has 1 aliphatic rings. The molecule has 2 heterocycles. The van der Waals surface area contributed by atoms with E-state index in [1.54, 1.807) is 0 Å². The van der Waals surface area contributed by atoms with E-state index in [2.05, 4.69) is 25.7 Å². The molecule has 8 nitrogen and oxygen atoms in total. The lowest BCUT2D eigenvalue weighted by Gasteiger charge is -2.22. The van der Waals surface area contributed by atoms with Crippen LogP contribution in [-0.2, 0) is 10.8 Å². The van der Waals surface area contributed by atoms with Crippen LogP contribution in [0.1, 0.15) is 19.8 Å². The van der Waals surface area contributed by atoms with Crippen LogP contribution in [0.15, 0.2) is 0 Å². The quantitative estimate of drug-likeness (QED) is 0.507. The van der Waals surface area contributed by atoms with Crippen molar-refractivity contribution in [1.82, 2.24) is 15.0 Å². The SMILES string of the molecule is CCOc1nc(NN)nc(NC2CCS(=O)CC2)n1. The molecule has 2 rings (SSSR count). The van der Waals surface area contributed by atoms with Crippen LogP contribution >= 0.6 is 0 Å². The molecule has 0 bridgehead atoms. The van der Waals surface area contributed by atoms with E-state index in [0.29, 0.717) is 24.1 Å². The summed E-state index contributed by atoms with van der Waals surface area (Å²) in [6.45, 7) is 2.32. The van der Waals surface area contributed by atoms with E-state index < -0.39 is 10.8 Å². The van der Waals surface area contributed by atoms with Crippen LogP contribution in [0.25, 0.3) is 0 Å². The van der Waals surface area contributed by atoms with Gasteiger partial charge in [0.15, 0.2) is 0 Å². The van der Waals surface area contributed by atoms with Gasteiger partial charge in [-0.1, -0.05) is 0 Å². The second-order valence-corrected chi connectivity index (χ2v) is 5.81. The molecule has 0 saturated carbocycles. The molecule has 1 aromatic heterocycles. The Hall–Kier alpha value is -1.48. The predicted molar refractivity (Wildman–Crippen MR) is 73.3 cm³/mol. The molecule has 106 valence electrons. The molecule has 0 radical (unpaired) electrons. The summed E-state index contributed by atoms with van der Waals surface area (Å²) in [6.07, 6.45) is 1.68. The Morgan fingerprint density at radius 2 is 2.00 bits per heavy atom. The van der Waals surface area contributed by atoms with Gasteiger partial charge in [0.2, 0.25) is 11.9 Å². The maximum absolute atomic E-state index is 11.3. The second-order valence-electron chi connectivity index (χ2n) is 4.11. The third-order valence-electron chi connectivity index (χ3n) is 2.74. The van der Waals surface area contributed by atoms with Crippen LogP contribution in [0.3, 0.4) is 0 Å². The van der Waals surface area contributed by atoms with E-state index in [1.165, 1.54) is 0 Å². The fourth-order valence-corrected chi connectivity index (χ4v) is 3.10. The first-order valence-electron chi connectivity index (χ1n) is 6.18. The Balaban J connectivity index is 2.06.